The van der Waals surface area contributed by atoms with Crippen molar-refractivity contribution in [3.05, 3.63) is 41.7 Å². The molecule has 0 saturated heterocycles. The lowest BCUT2D eigenvalue weighted by Crippen LogP contribution is -2.39. The molecule has 1 atom stereocenters. The van der Waals surface area contributed by atoms with Crippen LogP contribution < -0.4 is 10.6 Å². The van der Waals surface area contributed by atoms with Crippen LogP contribution >= 0.6 is 11.8 Å². The summed E-state index contributed by atoms with van der Waals surface area (Å²) in [5.74, 6) is -0.327. The van der Waals surface area contributed by atoms with Crippen LogP contribution in [0.5, 0.6) is 0 Å². The fourth-order valence-electron chi connectivity index (χ4n) is 3.56. The zero-order valence-corrected chi connectivity index (χ0v) is 17.5. The minimum atomic E-state index is -0.522. The number of benzene rings is 1. The van der Waals surface area contributed by atoms with Gasteiger partial charge in [-0.05, 0) is 45.7 Å². The summed E-state index contributed by atoms with van der Waals surface area (Å²) in [5, 5.41) is 5.53. The number of carbonyl (C=O) groups is 2. The van der Waals surface area contributed by atoms with E-state index < -0.39 is 11.3 Å². The molecule has 6 nitrogen and oxygen atoms in total. The Bertz CT molecular complexity index is 828. The molecule has 28 heavy (non-hydrogen) atoms. The number of imidazole rings is 1. The summed E-state index contributed by atoms with van der Waals surface area (Å²) in [6, 6.07) is 8.99. The van der Waals surface area contributed by atoms with Gasteiger partial charge in [-0.25, -0.2) is 9.78 Å². The molecule has 1 saturated carbocycles. The van der Waals surface area contributed by atoms with Crippen LogP contribution in [0.2, 0.25) is 0 Å². The van der Waals surface area contributed by atoms with E-state index in [0.717, 1.165) is 23.7 Å². The first kappa shape index (κ1) is 20.5. The van der Waals surface area contributed by atoms with Crippen LogP contribution in [0, 0.1) is 13.8 Å². The Labute approximate surface area is 170 Å². The van der Waals surface area contributed by atoms with E-state index in [-0.39, 0.29) is 5.91 Å². The molecule has 3 rings (SSSR count). The zero-order valence-electron chi connectivity index (χ0n) is 16.7. The van der Waals surface area contributed by atoms with Gasteiger partial charge in [0.2, 0.25) is 5.91 Å². The molecule has 0 radical (unpaired) electrons. The maximum Gasteiger partial charge on any atom is 0.325 e. The third-order valence-electron chi connectivity index (χ3n) is 5.21. The molecule has 1 heterocycles. The Morgan fingerprint density at radius 3 is 2.50 bits per heavy atom. The van der Waals surface area contributed by atoms with Crippen molar-refractivity contribution in [3.63, 3.8) is 0 Å². The number of anilines is 1. The number of thioether (sulfide) groups is 1. The van der Waals surface area contributed by atoms with E-state index >= 15 is 0 Å². The number of para-hydroxylation sites is 1. The standard InChI is InChI=1S/C21H28N4O2S/c1-14-15(2)25(18-12-8-5-9-13-18)21(22-14)28-16(3)19(26)24-20(27)23-17-10-6-4-7-11-17/h4,6-7,10-11,16,18H,5,8-9,12-13H2,1-3H3,(H2,23,24,26,27). The first-order chi connectivity index (χ1) is 13.5. The molecular weight excluding hydrogens is 372 g/mol. The molecule has 0 aliphatic heterocycles. The molecule has 1 aliphatic rings. The molecule has 0 bridgehead atoms. The number of amides is 3. The molecule has 150 valence electrons. The topological polar surface area (TPSA) is 76.0 Å². The van der Waals surface area contributed by atoms with Crippen LogP contribution in [0.25, 0.3) is 0 Å². The van der Waals surface area contributed by atoms with Gasteiger partial charge < -0.3 is 9.88 Å². The highest BCUT2D eigenvalue weighted by Crippen LogP contribution is 2.35. The van der Waals surface area contributed by atoms with Gasteiger partial charge in [-0.2, -0.15) is 0 Å². The van der Waals surface area contributed by atoms with Crippen molar-refractivity contribution in [1.29, 1.82) is 0 Å². The van der Waals surface area contributed by atoms with E-state index in [9.17, 15) is 9.59 Å². The van der Waals surface area contributed by atoms with Gasteiger partial charge in [-0.1, -0.05) is 49.2 Å². The lowest BCUT2D eigenvalue weighted by Gasteiger charge is -2.26. The van der Waals surface area contributed by atoms with E-state index in [1.165, 1.54) is 36.7 Å². The quantitative estimate of drug-likeness (QED) is 0.705. The third-order valence-corrected chi connectivity index (χ3v) is 6.28. The number of hydrogen-bond donors (Lipinski definition) is 2. The van der Waals surface area contributed by atoms with Crippen LogP contribution in [0.4, 0.5) is 10.5 Å². The highest BCUT2D eigenvalue weighted by atomic mass is 32.2. The van der Waals surface area contributed by atoms with Gasteiger partial charge in [-0.15, -0.1) is 0 Å². The molecule has 1 aromatic heterocycles. The molecule has 1 aromatic carbocycles. The first-order valence-corrected chi connectivity index (χ1v) is 10.7. The van der Waals surface area contributed by atoms with Crippen LogP contribution in [-0.2, 0) is 4.79 Å². The van der Waals surface area contributed by atoms with Gasteiger partial charge in [0.25, 0.3) is 0 Å². The summed E-state index contributed by atoms with van der Waals surface area (Å²) in [7, 11) is 0. The number of hydrogen-bond acceptors (Lipinski definition) is 4. The Morgan fingerprint density at radius 1 is 1.14 bits per heavy atom. The average Bonchev–Trinajstić information content (AvgIpc) is 2.96. The maximum absolute atomic E-state index is 12.5. The van der Waals surface area contributed by atoms with Crippen molar-refractivity contribution < 1.29 is 9.59 Å². The average molecular weight is 401 g/mol. The number of nitrogens with one attached hydrogen (secondary N) is 2. The summed E-state index contributed by atoms with van der Waals surface area (Å²) < 4.78 is 2.30. The second-order valence-electron chi connectivity index (χ2n) is 7.30. The fourth-order valence-corrected chi connectivity index (χ4v) is 4.63. The van der Waals surface area contributed by atoms with Crippen LogP contribution in [-0.4, -0.2) is 26.7 Å². The van der Waals surface area contributed by atoms with Crippen molar-refractivity contribution in [2.24, 2.45) is 0 Å². The highest BCUT2D eigenvalue weighted by Gasteiger charge is 2.25. The second-order valence-corrected chi connectivity index (χ2v) is 8.60. The monoisotopic (exact) mass is 400 g/mol. The fraction of sp³-hybridized carbons (Fsp3) is 0.476. The van der Waals surface area contributed by atoms with Gasteiger partial charge in [0.05, 0.1) is 10.9 Å². The minimum absolute atomic E-state index is 0.327. The molecule has 2 aromatic rings. The van der Waals surface area contributed by atoms with Gasteiger partial charge in [0.1, 0.15) is 0 Å². The SMILES string of the molecule is Cc1nc(SC(C)C(=O)NC(=O)Nc2ccccc2)n(C2CCCCC2)c1C. The number of aromatic nitrogens is 2. The normalized spacial score (nSPS) is 15.8. The molecule has 7 heteroatoms. The predicted molar refractivity (Wildman–Crippen MR) is 113 cm³/mol. The lowest BCUT2D eigenvalue weighted by molar-refractivity contribution is -0.119. The van der Waals surface area contributed by atoms with E-state index in [4.69, 9.17) is 4.98 Å². The number of rotatable bonds is 5. The number of nitrogens with zero attached hydrogens (tertiary/aromatic N) is 2. The molecule has 3 amide bonds. The van der Waals surface area contributed by atoms with Gasteiger partial charge >= 0.3 is 6.03 Å². The van der Waals surface area contributed by atoms with Gasteiger partial charge in [-0.3, -0.25) is 10.1 Å². The summed E-state index contributed by atoms with van der Waals surface area (Å²) >= 11 is 1.42. The van der Waals surface area contributed by atoms with Crippen LogP contribution in [0.3, 0.4) is 0 Å². The summed E-state index contributed by atoms with van der Waals surface area (Å²) in [6.07, 6.45) is 6.08. The molecule has 2 N–H and O–H groups in total. The predicted octanol–water partition coefficient (Wildman–Crippen LogP) is 4.83. The number of carbonyl (C=O) groups excluding carboxylic acids is 2. The van der Waals surface area contributed by atoms with Crippen molar-refractivity contribution in [2.75, 3.05) is 5.32 Å². The van der Waals surface area contributed by atoms with Gasteiger partial charge in [0, 0.05) is 17.4 Å². The Hall–Kier alpha value is -2.28. The van der Waals surface area contributed by atoms with E-state index in [1.807, 2.05) is 25.1 Å². The minimum Gasteiger partial charge on any atom is -0.320 e. The molecule has 1 unspecified atom stereocenters. The third kappa shape index (κ3) is 4.95. The van der Waals surface area contributed by atoms with Crippen molar-refractivity contribution in [1.82, 2.24) is 14.9 Å². The van der Waals surface area contributed by atoms with Crippen molar-refractivity contribution in [2.45, 2.75) is 69.3 Å². The first-order valence-electron chi connectivity index (χ1n) is 9.84. The number of imide groups is 1. The van der Waals surface area contributed by atoms with Gasteiger partial charge in [0.15, 0.2) is 5.16 Å². The maximum atomic E-state index is 12.5. The van der Waals surface area contributed by atoms with Crippen molar-refractivity contribution in [3.8, 4) is 0 Å². The Kier molecular flexibility index (Phi) is 6.78. The number of urea groups is 1. The van der Waals surface area contributed by atoms with Crippen molar-refractivity contribution >= 4 is 29.4 Å². The van der Waals surface area contributed by atoms with E-state index in [0.29, 0.717) is 11.7 Å². The van der Waals surface area contributed by atoms with Crippen LogP contribution in [0.15, 0.2) is 35.5 Å². The molecule has 0 spiro atoms. The summed E-state index contributed by atoms with van der Waals surface area (Å²) in [5.41, 5.74) is 2.82. The highest BCUT2D eigenvalue weighted by molar-refractivity contribution is 8.00. The van der Waals surface area contributed by atoms with E-state index in [1.54, 1.807) is 19.1 Å². The number of aryl methyl sites for hydroxylation is 1. The second kappa shape index (κ2) is 9.28. The van der Waals surface area contributed by atoms with E-state index in [2.05, 4.69) is 22.1 Å². The zero-order chi connectivity index (χ0) is 20.1. The lowest BCUT2D eigenvalue weighted by atomic mass is 9.95. The summed E-state index contributed by atoms with van der Waals surface area (Å²) in [6.45, 7) is 5.91. The molecular formula is C21H28N4O2S. The largest absolute Gasteiger partial charge is 0.325 e. The Morgan fingerprint density at radius 2 is 1.82 bits per heavy atom. The molecule has 1 aliphatic carbocycles. The Balaban J connectivity index is 1.63. The van der Waals surface area contributed by atoms with Crippen LogP contribution in [0.1, 0.15) is 56.5 Å². The summed E-state index contributed by atoms with van der Waals surface area (Å²) in [4.78, 5) is 29.3. The molecule has 1 fully saturated rings. The smallest absolute Gasteiger partial charge is 0.320 e.